The van der Waals surface area contributed by atoms with Gasteiger partial charge in [-0.25, -0.2) is 0 Å². The van der Waals surface area contributed by atoms with E-state index in [1.807, 2.05) is 6.92 Å². The van der Waals surface area contributed by atoms with Crippen molar-refractivity contribution in [1.29, 1.82) is 0 Å². The fourth-order valence-electron chi connectivity index (χ4n) is 5.68. The highest BCUT2D eigenvalue weighted by Gasteiger charge is 2.16. The predicted molar refractivity (Wildman–Crippen MR) is 177 cm³/mol. The molecule has 0 aromatic carbocycles. The third-order valence-electron chi connectivity index (χ3n) is 8.35. The van der Waals surface area contributed by atoms with Gasteiger partial charge in [0.05, 0.1) is 12.6 Å². The van der Waals surface area contributed by atoms with Crippen molar-refractivity contribution in [1.82, 2.24) is 9.80 Å². The largest absolute Gasteiger partial charge is 0.462 e. The summed E-state index contributed by atoms with van der Waals surface area (Å²) in [5.41, 5.74) is 0. The summed E-state index contributed by atoms with van der Waals surface area (Å²) < 4.78 is 5.75. The quantitative estimate of drug-likeness (QED) is 0.0599. The molecule has 1 atom stereocenters. The van der Waals surface area contributed by atoms with Crippen molar-refractivity contribution in [3.63, 3.8) is 0 Å². The molecule has 0 N–H and O–H groups in total. The minimum Gasteiger partial charge on any atom is -0.462 e. The zero-order valence-electron chi connectivity index (χ0n) is 28.3. The van der Waals surface area contributed by atoms with E-state index in [1.165, 1.54) is 148 Å². The molecule has 0 aliphatic heterocycles. The molecule has 0 amide bonds. The molecule has 0 aliphatic rings. The molecular weight excluding hydrogens is 492 g/mol. The highest BCUT2D eigenvalue weighted by Crippen LogP contribution is 2.12. The lowest BCUT2D eigenvalue weighted by Gasteiger charge is -2.28. The predicted octanol–water partition coefficient (Wildman–Crippen LogP) is 10.6. The average molecular weight is 567 g/mol. The van der Waals surface area contributed by atoms with Gasteiger partial charge in [-0.15, -0.1) is 0 Å². The van der Waals surface area contributed by atoms with Crippen molar-refractivity contribution in [3.05, 3.63) is 0 Å². The first-order valence-corrected chi connectivity index (χ1v) is 18.2. The summed E-state index contributed by atoms with van der Waals surface area (Å²) in [5, 5.41) is 0. The molecule has 240 valence electrons. The van der Waals surface area contributed by atoms with Gasteiger partial charge < -0.3 is 9.64 Å². The molecule has 0 aromatic rings. The highest BCUT2D eigenvalue weighted by atomic mass is 16.5. The van der Waals surface area contributed by atoms with Crippen LogP contribution >= 0.6 is 0 Å². The van der Waals surface area contributed by atoms with E-state index >= 15 is 0 Å². The molecule has 0 saturated carbocycles. The number of rotatable bonds is 32. The van der Waals surface area contributed by atoms with Crippen LogP contribution in [0.2, 0.25) is 0 Å². The van der Waals surface area contributed by atoms with Gasteiger partial charge in [0, 0.05) is 13.1 Å². The van der Waals surface area contributed by atoms with Crippen LogP contribution in [0.25, 0.3) is 0 Å². The highest BCUT2D eigenvalue weighted by molar-refractivity contribution is 5.71. The second-order valence-electron chi connectivity index (χ2n) is 12.6. The topological polar surface area (TPSA) is 32.8 Å². The van der Waals surface area contributed by atoms with E-state index in [0.29, 0.717) is 6.54 Å². The van der Waals surface area contributed by atoms with Gasteiger partial charge in [0.25, 0.3) is 0 Å². The van der Waals surface area contributed by atoms with Crippen molar-refractivity contribution < 1.29 is 9.53 Å². The summed E-state index contributed by atoms with van der Waals surface area (Å²) in [6.07, 6.45) is 30.4. The van der Waals surface area contributed by atoms with Crippen LogP contribution in [0.1, 0.15) is 182 Å². The van der Waals surface area contributed by atoms with E-state index in [1.54, 1.807) is 0 Å². The normalized spacial score (nSPS) is 12.5. The fraction of sp³-hybridized carbons (Fsp3) is 0.972. The molecule has 0 spiro atoms. The molecule has 0 saturated heterocycles. The number of unbranched alkanes of at least 4 members (excludes halogenated alkanes) is 18. The molecular formula is C36H74N2O2. The first kappa shape index (κ1) is 39.4. The third kappa shape index (κ3) is 27.6. The molecule has 4 nitrogen and oxygen atoms in total. The van der Waals surface area contributed by atoms with Crippen LogP contribution in [0.3, 0.4) is 0 Å². The summed E-state index contributed by atoms with van der Waals surface area (Å²) in [6.45, 7) is 17.0. The summed E-state index contributed by atoms with van der Waals surface area (Å²) in [7, 11) is 0. The van der Waals surface area contributed by atoms with Crippen molar-refractivity contribution in [2.75, 3.05) is 39.3 Å². The first-order chi connectivity index (χ1) is 19.6. The van der Waals surface area contributed by atoms with Crippen LogP contribution in [0, 0.1) is 0 Å². The molecule has 0 aliphatic carbocycles. The molecule has 0 fully saturated rings. The number of hydrogen-bond donors (Lipinski definition) is 0. The first-order valence-electron chi connectivity index (χ1n) is 18.2. The maximum Gasteiger partial charge on any atom is 0.320 e. The van der Waals surface area contributed by atoms with Gasteiger partial charge in [-0.3, -0.25) is 9.69 Å². The molecule has 1 unspecified atom stereocenters. The Bertz CT molecular complexity index is 495. The number of carbonyl (C=O) groups is 1. The van der Waals surface area contributed by atoms with Crippen molar-refractivity contribution in [3.8, 4) is 0 Å². The Labute approximate surface area is 252 Å². The SMILES string of the molecule is CCCCCCCCCN(CCCCCCCCC)CCN(CCCCCCCCC)CC(=O)OC(C)CCC. The van der Waals surface area contributed by atoms with Gasteiger partial charge in [-0.05, 0) is 52.2 Å². The van der Waals surface area contributed by atoms with Crippen LogP contribution in [-0.4, -0.2) is 61.1 Å². The Kier molecular flexibility index (Phi) is 30.9. The van der Waals surface area contributed by atoms with Gasteiger partial charge in [-0.1, -0.05) is 150 Å². The maximum atomic E-state index is 12.8. The van der Waals surface area contributed by atoms with Gasteiger partial charge in [0.2, 0.25) is 0 Å². The molecule has 4 heteroatoms. The van der Waals surface area contributed by atoms with Gasteiger partial charge in [-0.2, -0.15) is 0 Å². The fourth-order valence-corrected chi connectivity index (χ4v) is 5.68. The zero-order chi connectivity index (χ0) is 29.5. The van der Waals surface area contributed by atoms with Gasteiger partial charge in [0.1, 0.15) is 0 Å². The Morgan fingerprint density at radius 2 is 0.825 bits per heavy atom. The molecule has 0 radical (unpaired) electrons. The lowest BCUT2D eigenvalue weighted by Crippen LogP contribution is -2.40. The lowest BCUT2D eigenvalue weighted by molar-refractivity contribution is -0.149. The molecule has 0 aromatic heterocycles. The summed E-state index contributed by atoms with van der Waals surface area (Å²) in [4.78, 5) is 17.9. The Hall–Kier alpha value is -0.610. The monoisotopic (exact) mass is 567 g/mol. The van der Waals surface area contributed by atoms with Crippen molar-refractivity contribution in [2.24, 2.45) is 0 Å². The maximum absolute atomic E-state index is 12.8. The molecule has 0 bridgehead atoms. The second kappa shape index (κ2) is 31.3. The summed E-state index contributed by atoms with van der Waals surface area (Å²) >= 11 is 0. The van der Waals surface area contributed by atoms with Crippen molar-refractivity contribution >= 4 is 5.97 Å². The van der Waals surface area contributed by atoms with E-state index in [-0.39, 0.29) is 12.1 Å². The number of nitrogens with zero attached hydrogens (tertiary/aromatic N) is 2. The minimum absolute atomic E-state index is 0.0315. The van der Waals surface area contributed by atoms with Crippen LogP contribution in [0.15, 0.2) is 0 Å². The summed E-state index contributed by atoms with van der Waals surface area (Å²) in [6, 6.07) is 0. The third-order valence-corrected chi connectivity index (χ3v) is 8.35. The molecule has 0 heterocycles. The lowest BCUT2D eigenvalue weighted by atomic mass is 10.1. The number of ether oxygens (including phenoxy) is 1. The van der Waals surface area contributed by atoms with E-state index in [4.69, 9.17) is 4.74 Å². The van der Waals surface area contributed by atoms with Crippen LogP contribution in [-0.2, 0) is 9.53 Å². The molecule has 40 heavy (non-hydrogen) atoms. The van der Waals surface area contributed by atoms with Gasteiger partial charge >= 0.3 is 5.97 Å². The standard InChI is InChI=1S/C36H74N2O2/c1-6-10-13-16-19-22-25-29-37(30-26-23-20-17-14-11-7-2)32-33-38(31-27-24-21-18-15-12-8-3)34-36(39)40-35(5)28-9-4/h35H,6-34H2,1-5H3. The van der Waals surface area contributed by atoms with Crippen LogP contribution < -0.4 is 0 Å². The van der Waals surface area contributed by atoms with Gasteiger partial charge in [0.15, 0.2) is 0 Å². The number of hydrogen-bond acceptors (Lipinski definition) is 4. The van der Waals surface area contributed by atoms with E-state index in [0.717, 1.165) is 32.5 Å². The smallest absolute Gasteiger partial charge is 0.320 e. The Balaban J connectivity index is 4.77. The summed E-state index contributed by atoms with van der Waals surface area (Å²) in [5.74, 6) is -0.0328. The van der Waals surface area contributed by atoms with Crippen LogP contribution in [0.5, 0.6) is 0 Å². The minimum atomic E-state index is -0.0328. The number of carbonyl (C=O) groups excluding carboxylic acids is 1. The second-order valence-corrected chi connectivity index (χ2v) is 12.6. The molecule has 0 rings (SSSR count). The van der Waals surface area contributed by atoms with Crippen molar-refractivity contribution in [2.45, 2.75) is 188 Å². The number of esters is 1. The average Bonchev–Trinajstić information content (AvgIpc) is 2.93. The Morgan fingerprint density at radius 3 is 1.23 bits per heavy atom. The Morgan fingerprint density at radius 1 is 0.475 bits per heavy atom. The van der Waals surface area contributed by atoms with E-state index in [2.05, 4.69) is 37.5 Å². The van der Waals surface area contributed by atoms with E-state index < -0.39 is 0 Å². The van der Waals surface area contributed by atoms with Crippen LogP contribution in [0.4, 0.5) is 0 Å². The van der Waals surface area contributed by atoms with E-state index in [9.17, 15) is 4.79 Å². The zero-order valence-corrected chi connectivity index (χ0v) is 28.3.